The van der Waals surface area contributed by atoms with Crippen LogP contribution in [0.4, 0.5) is 4.79 Å². The van der Waals surface area contributed by atoms with E-state index in [0.29, 0.717) is 5.56 Å². The molecule has 1 rings (SSSR count). The first kappa shape index (κ1) is 14.0. The van der Waals surface area contributed by atoms with E-state index in [2.05, 4.69) is 5.32 Å². The number of carboxylic acids is 1. The average Bonchev–Trinajstić information content (AvgIpc) is 2.35. The van der Waals surface area contributed by atoms with Crippen LogP contribution in [0.2, 0.25) is 0 Å². The minimum Gasteiger partial charge on any atom is -0.480 e. The average molecular weight is 252 g/mol. The highest BCUT2D eigenvalue weighted by atomic mass is 16.4. The molecule has 2 amide bonds. The van der Waals surface area contributed by atoms with Crippen molar-refractivity contribution in [2.24, 2.45) is 0 Å². The van der Waals surface area contributed by atoms with E-state index in [1.54, 1.807) is 30.3 Å². The van der Waals surface area contributed by atoms with Crippen molar-refractivity contribution in [1.82, 2.24) is 10.2 Å². The highest BCUT2D eigenvalue weighted by molar-refractivity contribution is 5.83. The van der Waals surface area contributed by atoms with Crippen LogP contribution in [0, 0.1) is 0 Å². The molecule has 0 bridgehead atoms. The molecule has 6 nitrogen and oxygen atoms in total. The Morgan fingerprint density at radius 1 is 1.22 bits per heavy atom. The van der Waals surface area contributed by atoms with Crippen LogP contribution in [0.1, 0.15) is 11.7 Å². The monoisotopic (exact) mass is 252 g/mol. The smallest absolute Gasteiger partial charge is 0.329 e. The lowest BCUT2D eigenvalue weighted by molar-refractivity contribution is -0.142. The van der Waals surface area contributed by atoms with Crippen LogP contribution in [-0.4, -0.2) is 47.3 Å². The molecule has 0 spiro atoms. The molecule has 0 aliphatic rings. The number of amides is 2. The molecule has 0 aliphatic carbocycles. The van der Waals surface area contributed by atoms with Crippen molar-refractivity contribution in [2.75, 3.05) is 14.1 Å². The summed E-state index contributed by atoms with van der Waals surface area (Å²) in [5, 5.41) is 21.3. The largest absolute Gasteiger partial charge is 0.480 e. The summed E-state index contributed by atoms with van der Waals surface area (Å²) in [6.45, 7) is 0. The van der Waals surface area contributed by atoms with Crippen molar-refractivity contribution in [1.29, 1.82) is 0 Å². The van der Waals surface area contributed by atoms with Crippen molar-refractivity contribution < 1.29 is 19.8 Å². The Bertz CT molecular complexity index is 419. The van der Waals surface area contributed by atoms with E-state index in [4.69, 9.17) is 5.11 Å². The van der Waals surface area contributed by atoms with Crippen molar-refractivity contribution in [3.63, 3.8) is 0 Å². The zero-order chi connectivity index (χ0) is 13.7. The van der Waals surface area contributed by atoms with Gasteiger partial charge in [0.25, 0.3) is 0 Å². The number of benzene rings is 1. The molecule has 98 valence electrons. The number of hydrogen-bond donors (Lipinski definition) is 3. The van der Waals surface area contributed by atoms with Crippen LogP contribution in [0.5, 0.6) is 0 Å². The Morgan fingerprint density at radius 3 is 2.22 bits per heavy atom. The molecule has 0 radical (unpaired) electrons. The minimum atomic E-state index is -1.39. The fourth-order valence-electron chi connectivity index (χ4n) is 1.38. The van der Waals surface area contributed by atoms with E-state index in [1.165, 1.54) is 19.0 Å². The Hall–Kier alpha value is -2.08. The fourth-order valence-corrected chi connectivity index (χ4v) is 1.38. The highest BCUT2D eigenvalue weighted by Gasteiger charge is 2.29. The van der Waals surface area contributed by atoms with Gasteiger partial charge in [0.15, 0.2) is 6.04 Å². The van der Waals surface area contributed by atoms with Crippen molar-refractivity contribution in [2.45, 2.75) is 12.1 Å². The van der Waals surface area contributed by atoms with Gasteiger partial charge in [-0.3, -0.25) is 0 Å². The Balaban J connectivity index is 2.86. The first-order chi connectivity index (χ1) is 8.43. The topological polar surface area (TPSA) is 89.9 Å². The van der Waals surface area contributed by atoms with E-state index in [0.717, 1.165) is 0 Å². The van der Waals surface area contributed by atoms with Gasteiger partial charge in [-0.2, -0.15) is 0 Å². The van der Waals surface area contributed by atoms with Gasteiger partial charge in [0.05, 0.1) is 0 Å². The summed E-state index contributed by atoms with van der Waals surface area (Å²) >= 11 is 0. The lowest BCUT2D eigenvalue weighted by Crippen LogP contribution is -2.48. The zero-order valence-electron chi connectivity index (χ0n) is 10.2. The summed E-state index contributed by atoms with van der Waals surface area (Å²) in [4.78, 5) is 23.7. The zero-order valence-corrected chi connectivity index (χ0v) is 10.2. The normalized spacial score (nSPS) is 13.5. The second-order valence-corrected chi connectivity index (χ2v) is 4.02. The third-order valence-corrected chi connectivity index (χ3v) is 2.41. The molecule has 18 heavy (non-hydrogen) atoms. The number of aliphatic hydroxyl groups excluding tert-OH is 1. The van der Waals surface area contributed by atoms with E-state index < -0.39 is 24.1 Å². The Labute approximate surface area is 105 Å². The first-order valence-corrected chi connectivity index (χ1v) is 5.37. The number of aliphatic carboxylic acids is 1. The molecule has 0 aromatic heterocycles. The van der Waals surface area contributed by atoms with Crippen LogP contribution in [0.25, 0.3) is 0 Å². The molecule has 2 atom stereocenters. The highest BCUT2D eigenvalue weighted by Crippen LogP contribution is 2.16. The van der Waals surface area contributed by atoms with Gasteiger partial charge in [-0.25, -0.2) is 9.59 Å². The predicted octanol–water partition coefficient (Wildman–Crippen LogP) is 0.444. The molecule has 1 aromatic carbocycles. The number of rotatable bonds is 4. The number of nitrogens with one attached hydrogen (secondary N) is 1. The molecule has 0 aliphatic heterocycles. The summed E-state index contributed by atoms with van der Waals surface area (Å²) in [5.41, 5.74) is 0.434. The van der Waals surface area contributed by atoms with Gasteiger partial charge in [0.1, 0.15) is 6.10 Å². The molecule has 2 unspecified atom stereocenters. The number of hydrogen-bond acceptors (Lipinski definition) is 3. The molecule has 6 heteroatoms. The first-order valence-electron chi connectivity index (χ1n) is 5.37. The van der Waals surface area contributed by atoms with Gasteiger partial charge in [-0.05, 0) is 5.56 Å². The van der Waals surface area contributed by atoms with Crippen molar-refractivity contribution in [3.05, 3.63) is 35.9 Å². The Kier molecular flexibility index (Phi) is 4.67. The van der Waals surface area contributed by atoms with E-state index >= 15 is 0 Å². The van der Waals surface area contributed by atoms with Crippen LogP contribution in [-0.2, 0) is 4.79 Å². The third kappa shape index (κ3) is 3.46. The third-order valence-electron chi connectivity index (χ3n) is 2.41. The number of urea groups is 1. The maximum atomic E-state index is 11.4. The predicted molar refractivity (Wildman–Crippen MR) is 65.0 cm³/mol. The number of carboxylic acid groups (broad SMARTS) is 1. The SMILES string of the molecule is CN(C)C(=O)NC(C(=O)O)C(O)c1ccccc1. The molecular weight excluding hydrogens is 236 g/mol. The van der Waals surface area contributed by atoms with Gasteiger partial charge in [-0.15, -0.1) is 0 Å². The molecular formula is C12H16N2O4. The fraction of sp³-hybridized carbons (Fsp3) is 0.333. The molecule has 0 saturated heterocycles. The maximum absolute atomic E-state index is 11.4. The second kappa shape index (κ2) is 6.02. The van der Waals surface area contributed by atoms with Gasteiger partial charge in [0, 0.05) is 14.1 Å². The van der Waals surface area contributed by atoms with Crippen LogP contribution in [0.15, 0.2) is 30.3 Å². The molecule has 1 aromatic rings. The van der Waals surface area contributed by atoms with Crippen molar-refractivity contribution >= 4 is 12.0 Å². The standard InChI is InChI=1S/C12H16N2O4/c1-14(2)12(18)13-9(11(16)17)10(15)8-6-4-3-5-7-8/h3-7,9-10,15H,1-2H3,(H,13,18)(H,16,17). The second-order valence-electron chi connectivity index (χ2n) is 4.02. The number of aliphatic hydroxyl groups is 1. The van der Waals surface area contributed by atoms with Crippen LogP contribution >= 0.6 is 0 Å². The summed E-state index contributed by atoms with van der Waals surface area (Å²) in [6.07, 6.45) is -1.30. The van der Waals surface area contributed by atoms with Crippen LogP contribution < -0.4 is 5.32 Å². The maximum Gasteiger partial charge on any atom is 0.329 e. The van der Waals surface area contributed by atoms with Gasteiger partial charge >= 0.3 is 12.0 Å². The summed E-state index contributed by atoms with van der Waals surface area (Å²) < 4.78 is 0. The van der Waals surface area contributed by atoms with Gasteiger partial charge < -0.3 is 20.4 Å². The molecule has 0 fully saturated rings. The van der Waals surface area contributed by atoms with E-state index in [1.807, 2.05) is 0 Å². The van der Waals surface area contributed by atoms with Gasteiger partial charge in [0.2, 0.25) is 0 Å². The van der Waals surface area contributed by atoms with Crippen molar-refractivity contribution in [3.8, 4) is 0 Å². The molecule has 0 saturated carbocycles. The Morgan fingerprint density at radius 2 is 1.78 bits per heavy atom. The summed E-state index contributed by atoms with van der Waals surface area (Å²) in [6, 6.07) is 6.37. The molecule has 0 heterocycles. The van der Waals surface area contributed by atoms with Crippen LogP contribution in [0.3, 0.4) is 0 Å². The molecule has 3 N–H and O–H groups in total. The quantitative estimate of drug-likeness (QED) is 0.725. The number of nitrogens with zero attached hydrogens (tertiary/aromatic N) is 1. The number of carbonyl (C=O) groups is 2. The minimum absolute atomic E-state index is 0.434. The van der Waals surface area contributed by atoms with E-state index in [-0.39, 0.29) is 0 Å². The summed E-state index contributed by atoms with van der Waals surface area (Å²) in [5.74, 6) is -1.29. The van der Waals surface area contributed by atoms with Gasteiger partial charge in [-0.1, -0.05) is 30.3 Å². The lowest BCUT2D eigenvalue weighted by atomic mass is 10.0. The summed E-state index contributed by atoms with van der Waals surface area (Å²) in [7, 11) is 2.98. The lowest BCUT2D eigenvalue weighted by Gasteiger charge is -2.22. The van der Waals surface area contributed by atoms with E-state index in [9.17, 15) is 14.7 Å². The number of carbonyl (C=O) groups excluding carboxylic acids is 1.